The number of rotatable bonds is 13. The van der Waals surface area contributed by atoms with Crippen molar-refractivity contribution in [1.29, 1.82) is 0 Å². The molecule has 0 aromatic carbocycles. The van der Waals surface area contributed by atoms with Crippen molar-refractivity contribution in [2.45, 2.75) is 157 Å². The number of esters is 3. The fraction of sp³-hybridized carbons (Fsp3) is 0.860. The van der Waals surface area contributed by atoms with E-state index < -0.39 is 5.41 Å². The van der Waals surface area contributed by atoms with Crippen LogP contribution in [0.4, 0.5) is 0 Å². The van der Waals surface area contributed by atoms with Gasteiger partial charge in [-0.1, -0.05) is 60.5 Å². The molecule has 0 aromatic rings. The van der Waals surface area contributed by atoms with E-state index in [1.807, 2.05) is 0 Å². The first kappa shape index (κ1) is 39.8. The van der Waals surface area contributed by atoms with Gasteiger partial charge in [0, 0.05) is 32.2 Å². The third kappa shape index (κ3) is 7.04. The van der Waals surface area contributed by atoms with Gasteiger partial charge in [0.1, 0.15) is 12.7 Å². The quantitative estimate of drug-likeness (QED) is 0.0881. The largest absolute Gasteiger partial charge is 0.469 e. The van der Waals surface area contributed by atoms with Crippen LogP contribution in [-0.2, 0) is 33.4 Å². The first-order valence-electron chi connectivity index (χ1n) is 20.3. The average molecular weight is 712 g/mol. The molecular weight excluding hydrogens is 642 g/mol. The van der Waals surface area contributed by atoms with Crippen LogP contribution in [0.2, 0.25) is 0 Å². The summed E-state index contributed by atoms with van der Waals surface area (Å²) in [5.74, 6) is 1.39. The van der Waals surface area contributed by atoms with Crippen molar-refractivity contribution in [2.24, 2.45) is 56.7 Å². The third-order valence-corrected chi connectivity index (χ3v) is 16.2. The summed E-state index contributed by atoms with van der Waals surface area (Å²) in [6.45, 7) is 20.8. The van der Waals surface area contributed by atoms with Crippen molar-refractivity contribution in [3.05, 3.63) is 12.2 Å². The Morgan fingerprint density at radius 1 is 0.745 bits per heavy atom. The lowest BCUT2D eigenvalue weighted by Crippen LogP contribution is -2.67. The Labute approximate surface area is 308 Å². The summed E-state index contributed by atoms with van der Waals surface area (Å²) < 4.78 is 16.2. The van der Waals surface area contributed by atoms with Crippen LogP contribution in [0.25, 0.3) is 0 Å². The van der Waals surface area contributed by atoms with Crippen LogP contribution in [0.15, 0.2) is 12.2 Å². The predicted molar refractivity (Wildman–Crippen MR) is 198 cm³/mol. The van der Waals surface area contributed by atoms with Crippen molar-refractivity contribution in [3.63, 3.8) is 0 Å². The molecule has 5 fully saturated rings. The van der Waals surface area contributed by atoms with E-state index in [1.165, 1.54) is 14.0 Å². The lowest BCUT2D eigenvalue weighted by Gasteiger charge is -2.72. The fourth-order valence-corrected chi connectivity index (χ4v) is 13.5. The smallest absolute Gasteiger partial charge is 0.305 e. The molecule has 51 heavy (non-hydrogen) atoms. The van der Waals surface area contributed by atoms with Gasteiger partial charge < -0.3 is 19.5 Å². The van der Waals surface area contributed by atoms with E-state index in [1.54, 1.807) is 6.92 Å². The van der Waals surface area contributed by atoms with Crippen LogP contribution in [-0.4, -0.2) is 50.2 Å². The first-order valence-corrected chi connectivity index (χ1v) is 20.3. The van der Waals surface area contributed by atoms with Gasteiger partial charge in [-0.3, -0.25) is 19.2 Å². The van der Waals surface area contributed by atoms with Crippen LogP contribution in [0.5, 0.6) is 0 Å². The van der Waals surface area contributed by atoms with E-state index in [0.717, 1.165) is 102 Å². The summed E-state index contributed by atoms with van der Waals surface area (Å²) in [7, 11) is 1.43. The van der Waals surface area contributed by atoms with Gasteiger partial charge in [-0.05, 0) is 128 Å². The normalized spacial score (nSPS) is 39.3. The number of unbranched alkanes of at least 4 members (excludes halogenated alkanes) is 4. The van der Waals surface area contributed by atoms with Crippen molar-refractivity contribution in [1.82, 2.24) is 5.32 Å². The maximum absolute atomic E-state index is 14.5. The Morgan fingerprint density at radius 3 is 2.14 bits per heavy atom. The molecule has 0 saturated heterocycles. The van der Waals surface area contributed by atoms with Crippen LogP contribution < -0.4 is 5.32 Å². The molecule has 288 valence electrons. The number of methoxy groups -OCH3 is 1. The minimum absolute atomic E-state index is 0.0350. The van der Waals surface area contributed by atoms with Crippen LogP contribution in [0.3, 0.4) is 0 Å². The zero-order valence-electron chi connectivity index (χ0n) is 33.3. The van der Waals surface area contributed by atoms with Gasteiger partial charge in [0.05, 0.1) is 12.5 Å². The van der Waals surface area contributed by atoms with Crippen molar-refractivity contribution in [3.8, 4) is 0 Å². The monoisotopic (exact) mass is 712 g/mol. The lowest BCUT2D eigenvalue weighted by molar-refractivity contribution is -0.249. The van der Waals surface area contributed by atoms with Gasteiger partial charge in [-0.2, -0.15) is 0 Å². The highest BCUT2D eigenvalue weighted by Crippen LogP contribution is 2.77. The van der Waals surface area contributed by atoms with Crippen LogP contribution >= 0.6 is 0 Å². The second-order valence-electron chi connectivity index (χ2n) is 18.7. The summed E-state index contributed by atoms with van der Waals surface area (Å²) in [4.78, 5) is 49.9. The Balaban J connectivity index is 1.36. The molecule has 0 aromatic heterocycles. The third-order valence-electron chi connectivity index (χ3n) is 16.2. The second kappa shape index (κ2) is 15.2. The second-order valence-corrected chi connectivity index (χ2v) is 18.7. The molecule has 0 bridgehead atoms. The maximum Gasteiger partial charge on any atom is 0.305 e. The predicted octanol–water partition coefficient (Wildman–Crippen LogP) is 8.75. The molecule has 0 radical (unpaired) electrons. The van der Waals surface area contributed by atoms with Crippen molar-refractivity contribution in [2.75, 3.05) is 20.3 Å². The van der Waals surface area contributed by atoms with Gasteiger partial charge in [0.2, 0.25) is 5.91 Å². The number of carbonyl (C=O) groups excluding carboxylic acids is 4. The standard InChI is InChI=1S/C43H69NO7/c1-28(27-50-29(2)45)31-18-23-43(38(48)44-26-14-12-10-11-13-15-36(47)49-9)25-24-41(7)32(37(31)43)16-17-34-40(6)21-20-35(51-30(3)46)39(4,5)33(40)19-22-42(34,41)8/h31-35,37H,1,10-27H2,2-9H3,(H,44,48)/t31-,32+,33-,34+,35-,37+,40-,41+,42+,43-/m0/s1. The summed E-state index contributed by atoms with van der Waals surface area (Å²) in [5.41, 5.74) is 0.833. The SMILES string of the molecule is C=C(COC(C)=O)[C@@H]1CC[C@]2(C(=O)NCCCCCCCC(=O)OC)CC[C@]3(C)[C@H](CC[C@@H]4[C@@]5(C)CC[C@H](OC(C)=O)C(C)(C)[C@@H]5CC[C@]43C)[C@@H]12. The van der Waals surface area contributed by atoms with Gasteiger partial charge in [0.15, 0.2) is 0 Å². The molecular formula is C43H69NO7. The topological polar surface area (TPSA) is 108 Å². The van der Waals surface area contributed by atoms with Crippen molar-refractivity contribution >= 4 is 23.8 Å². The highest BCUT2D eigenvalue weighted by Gasteiger charge is 2.72. The molecule has 5 aliphatic rings. The molecule has 8 heteroatoms. The minimum Gasteiger partial charge on any atom is -0.469 e. The molecule has 5 rings (SSSR count). The van der Waals surface area contributed by atoms with Gasteiger partial charge >= 0.3 is 17.9 Å². The molecule has 10 atom stereocenters. The van der Waals surface area contributed by atoms with E-state index >= 15 is 0 Å². The zero-order chi connectivity index (χ0) is 37.4. The molecule has 8 nitrogen and oxygen atoms in total. The summed E-state index contributed by atoms with van der Waals surface area (Å²) in [6.07, 6.45) is 15.6. The molecule has 0 heterocycles. The van der Waals surface area contributed by atoms with E-state index in [0.29, 0.717) is 30.7 Å². The zero-order valence-corrected chi connectivity index (χ0v) is 33.3. The number of hydrogen-bond acceptors (Lipinski definition) is 7. The van der Waals surface area contributed by atoms with E-state index in [9.17, 15) is 19.2 Å². The number of nitrogens with one attached hydrogen (secondary N) is 1. The van der Waals surface area contributed by atoms with Gasteiger partial charge in [0.25, 0.3) is 0 Å². The number of carbonyl (C=O) groups is 4. The number of amides is 1. The summed E-state index contributed by atoms with van der Waals surface area (Å²) in [6, 6.07) is 0. The number of ether oxygens (including phenoxy) is 3. The number of hydrogen-bond donors (Lipinski definition) is 1. The van der Waals surface area contributed by atoms with Gasteiger partial charge in [-0.25, -0.2) is 0 Å². The highest BCUT2D eigenvalue weighted by atomic mass is 16.5. The summed E-state index contributed by atoms with van der Waals surface area (Å²) >= 11 is 0. The lowest BCUT2D eigenvalue weighted by atomic mass is 9.32. The minimum atomic E-state index is -0.428. The van der Waals surface area contributed by atoms with Gasteiger partial charge in [-0.15, -0.1) is 0 Å². The Kier molecular flexibility index (Phi) is 11.8. The first-order chi connectivity index (χ1) is 24.0. The molecule has 0 aliphatic heterocycles. The molecule has 5 saturated carbocycles. The number of fused-ring (bicyclic) bond motifs is 7. The van der Waals surface area contributed by atoms with Crippen molar-refractivity contribution < 1.29 is 33.4 Å². The van der Waals surface area contributed by atoms with Crippen LogP contribution in [0.1, 0.15) is 151 Å². The van der Waals surface area contributed by atoms with E-state index in [4.69, 9.17) is 14.2 Å². The Morgan fingerprint density at radius 2 is 1.45 bits per heavy atom. The molecule has 0 unspecified atom stereocenters. The average Bonchev–Trinajstić information content (AvgIpc) is 3.47. The molecule has 5 aliphatic carbocycles. The van der Waals surface area contributed by atoms with E-state index in [-0.39, 0.29) is 70.0 Å². The Bertz CT molecular complexity index is 1340. The highest BCUT2D eigenvalue weighted by molar-refractivity contribution is 5.84. The Hall–Kier alpha value is -2.38. The van der Waals surface area contributed by atoms with E-state index in [2.05, 4.69) is 46.5 Å². The summed E-state index contributed by atoms with van der Waals surface area (Å²) in [5, 5.41) is 3.42. The maximum atomic E-state index is 14.5. The molecule has 1 amide bonds. The van der Waals surface area contributed by atoms with Crippen LogP contribution in [0, 0.1) is 56.7 Å². The fourth-order valence-electron chi connectivity index (χ4n) is 13.5. The molecule has 1 N–H and O–H groups in total. The molecule has 0 spiro atoms.